The second-order valence-electron chi connectivity index (χ2n) is 7.06. The number of carbonyl (C=O) groups excluding carboxylic acids is 1. The number of ketones is 1. The summed E-state index contributed by atoms with van der Waals surface area (Å²) in [5.74, 6) is -4.84. The molecule has 4 aromatic heterocycles. The van der Waals surface area contributed by atoms with Crippen molar-refractivity contribution >= 4 is 22.3 Å². The van der Waals surface area contributed by atoms with E-state index in [1.165, 1.54) is 39.8 Å². The Morgan fingerprint density at radius 2 is 1.81 bits per heavy atom. The maximum absolute atomic E-state index is 14.0. The van der Waals surface area contributed by atoms with Crippen molar-refractivity contribution in [1.29, 1.82) is 0 Å². The molecule has 1 aromatic carbocycles. The summed E-state index contributed by atoms with van der Waals surface area (Å²) >= 11 is 0. The number of benzene rings is 1. The SMILES string of the molecule is O=C(c1c(F)cc(F)cc1F)c1c[nH]c2c(=O)n(Cc3cn4c(=O)[nH]ccc4n3)ccc12. The minimum absolute atomic E-state index is 0.0411. The molecule has 0 aliphatic heterocycles. The Kier molecular flexibility index (Phi) is 4.33. The Bertz CT molecular complexity index is 1640. The van der Waals surface area contributed by atoms with Crippen molar-refractivity contribution < 1.29 is 18.0 Å². The summed E-state index contributed by atoms with van der Waals surface area (Å²) in [5.41, 5.74) is -1.03. The summed E-state index contributed by atoms with van der Waals surface area (Å²) in [6.07, 6.45) is 5.53. The number of halogens is 3. The molecular weight excluding hydrogens is 427 g/mol. The largest absolute Gasteiger partial charge is 0.356 e. The van der Waals surface area contributed by atoms with E-state index in [4.69, 9.17) is 0 Å². The zero-order valence-corrected chi connectivity index (χ0v) is 16.0. The van der Waals surface area contributed by atoms with Crippen LogP contribution in [0.25, 0.3) is 16.6 Å². The monoisotopic (exact) mass is 439 g/mol. The summed E-state index contributed by atoms with van der Waals surface area (Å²) in [6.45, 7) is 0.0411. The van der Waals surface area contributed by atoms with Crippen LogP contribution < -0.4 is 11.2 Å². The zero-order chi connectivity index (χ0) is 22.6. The van der Waals surface area contributed by atoms with Gasteiger partial charge in [-0.1, -0.05) is 0 Å². The summed E-state index contributed by atoms with van der Waals surface area (Å²) in [4.78, 5) is 46.9. The normalized spacial score (nSPS) is 11.5. The molecule has 0 aliphatic carbocycles. The quantitative estimate of drug-likeness (QED) is 0.420. The maximum atomic E-state index is 14.0. The molecule has 0 fully saturated rings. The van der Waals surface area contributed by atoms with Gasteiger partial charge in [0.05, 0.1) is 17.8 Å². The smallest absolute Gasteiger partial charge is 0.331 e. The van der Waals surface area contributed by atoms with Crippen molar-refractivity contribution in [3.05, 3.63) is 104 Å². The second kappa shape index (κ2) is 7.08. The van der Waals surface area contributed by atoms with Crippen LogP contribution >= 0.6 is 0 Å². The lowest BCUT2D eigenvalue weighted by atomic mass is 10.0. The first kappa shape index (κ1) is 19.5. The highest BCUT2D eigenvalue weighted by atomic mass is 19.1. The highest BCUT2D eigenvalue weighted by molar-refractivity contribution is 6.16. The molecule has 0 saturated carbocycles. The lowest BCUT2D eigenvalue weighted by molar-refractivity contribution is 0.103. The van der Waals surface area contributed by atoms with Crippen molar-refractivity contribution in [2.75, 3.05) is 0 Å². The van der Waals surface area contributed by atoms with Gasteiger partial charge in [-0.2, -0.15) is 0 Å². The molecular formula is C21H12F3N5O3. The third-order valence-corrected chi connectivity index (χ3v) is 5.07. The Labute approximate surface area is 175 Å². The Balaban J connectivity index is 1.55. The van der Waals surface area contributed by atoms with Gasteiger partial charge in [-0.05, 0) is 12.1 Å². The van der Waals surface area contributed by atoms with E-state index < -0.39 is 34.4 Å². The minimum atomic E-state index is -1.34. The molecule has 0 aliphatic rings. The molecule has 5 rings (SSSR count). The molecule has 0 amide bonds. The van der Waals surface area contributed by atoms with Crippen LogP contribution in [0.1, 0.15) is 21.6 Å². The average Bonchev–Trinajstić information content (AvgIpc) is 3.34. The highest BCUT2D eigenvalue weighted by Gasteiger charge is 2.24. The van der Waals surface area contributed by atoms with Crippen LogP contribution in [0.3, 0.4) is 0 Å². The van der Waals surface area contributed by atoms with Crippen LogP contribution in [-0.2, 0) is 6.54 Å². The maximum Gasteiger partial charge on any atom is 0.331 e. The number of aromatic amines is 2. The van der Waals surface area contributed by atoms with Crippen molar-refractivity contribution in [1.82, 2.24) is 23.9 Å². The fourth-order valence-electron chi connectivity index (χ4n) is 3.60. The van der Waals surface area contributed by atoms with E-state index in [0.29, 0.717) is 23.5 Å². The van der Waals surface area contributed by atoms with Crippen molar-refractivity contribution in [3.63, 3.8) is 0 Å². The van der Waals surface area contributed by atoms with E-state index in [1.807, 2.05) is 0 Å². The van der Waals surface area contributed by atoms with Gasteiger partial charge in [0.2, 0.25) is 5.78 Å². The molecule has 4 heterocycles. The molecule has 0 atom stereocenters. The summed E-state index contributed by atoms with van der Waals surface area (Å²) in [6, 6.07) is 3.88. The van der Waals surface area contributed by atoms with Crippen LogP contribution in [0, 0.1) is 17.5 Å². The number of nitrogens with zero attached hydrogens (tertiary/aromatic N) is 3. The van der Waals surface area contributed by atoms with Gasteiger partial charge >= 0.3 is 5.69 Å². The minimum Gasteiger partial charge on any atom is -0.356 e. The van der Waals surface area contributed by atoms with Gasteiger partial charge in [-0.15, -0.1) is 0 Å². The first-order chi connectivity index (χ1) is 15.3. The topological polar surface area (TPSA) is 105 Å². The molecule has 0 saturated heterocycles. The second-order valence-corrected chi connectivity index (χ2v) is 7.06. The van der Waals surface area contributed by atoms with Crippen LogP contribution in [0.5, 0.6) is 0 Å². The summed E-state index contributed by atoms with van der Waals surface area (Å²) in [7, 11) is 0. The van der Waals surface area contributed by atoms with Crippen molar-refractivity contribution in [3.8, 4) is 0 Å². The number of rotatable bonds is 4. The van der Waals surface area contributed by atoms with E-state index in [-0.39, 0.29) is 28.7 Å². The zero-order valence-electron chi connectivity index (χ0n) is 16.0. The number of imidazole rings is 1. The molecule has 5 aromatic rings. The molecule has 32 heavy (non-hydrogen) atoms. The van der Waals surface area contributed by atoms with Gasteiger partial charge in [0, 0.05) is 47.9 Å². The molecule has 11 heteroatoms. The predicted octanol–water partition coefficient (Wildman–Crippen LogP) is 2.36. The molecule has 0 unspecified atom stereocenters. The number of fused-ring (bicyclic) bond motifs is 2. The average molecular weight is 439 g/mol. The fourth-order valence-corrected chi connectivity index (χ4v) is 3.60. The number of carbonyl (C=O) groups is 1. The molecule has 0 spiro atoms. The van der Waals surface area contributed by atoms with Crippen LogP contribution in [-0.4, -0.2) is 29.7 Å². The molecule has 0 bridgehead atoms. The van der Waals surface area contributed by atoms with Crippen LogP contribution in [0.2, 0.25) is 0 Å². The van der Waals surface area contributed by atoms with E-state index in [1.54, 1.807) is 6.07 Å². The number of nitrogens with one attached hydrogen (secondary N) is 2. The summed E-state index contributed by atoms with van der Waals surface area (Å²) in [5, 5.41) is 0.158. The van der Waals surface area contributed by atoms with Crippen molar-refractivity contribution in [2.45, 2.75) is 6.54 Å². The van der Waals surface area contributed by atoms with Gasteiger partial charge in [-0.25, -0.2) is 22.9 Å². The molecule has 160 valence electrons. The van der Waals surface area contributed by atoms with Gasteiger partial charge in [0.15, 0.2) is 0 Å². The predicted molar refractivity (Wildman–Crippen MR) is 107 cm³/mol. The number of hydrogen-bond acceptors (Lipinski definition) is 4. The lowest BCUT2D eigenvalue weighted by Gasteiger charge is -2.05. The lowest BCUT2D eigenvalue weighted by Crippen LogP contribution is -2.20. The third-order valence-electron chi connectivity index (χ3n) is 5.07. The number of hydrogen-bond donors (Lipinski definition) is 2. The van der Waals surface area contributed by atoms with Crippen molar-refractivity contribution in [2.24, 2.45) is 0 Å². The highest BCUT2D eigenvalue weighted by Crippen LogP contribution is 2.23. The molecule has 0 radical (unpaired) electrons. The first-order valence-corrected chi connectivity index (χ1v) is 9.29. The van der Waals surface area contributed by atoms with Gasteiger partial charge in [-0.3, -0.25) is 14.0 Å². The molecule has 8 nitrogen and oxygen atoms in total. The Morgan fingerprint density at radius 1 is 1.06 bits per heavy atom. The fraction of sp³-hybridized carbons (Fsp3) is 0.0476. The number of aromatic nitrogens is 5. The first-order valence-electron chi connectivity index (χ1n) is 9.29. The van der Waals surface area contributed by atoms with Gasteiger partial charge in [0.1, 0.15) is 28.6 Å². The third kappa shape index (κ3) is 3.02. The van der Waals surface area contributed by atoms with E-state index in [9.17, 15) is 27.6 Å². The van der Waals surface area contributed by atoms with Crippen LogP contribution in [0.4, 0.5) is 13.2 Å². The Morgan fingerprint density at radius 3 is 2.53 bits per heavy atom. The van der Waals surface area contributed by atoms with Crippen LogP contribution in [0.15, 0.2) is 58.6 Å². The molecule has 2 N–H and O–H groups in total. The summed E-state index contributed by atoms with van der Waals surface area (Å²) < 4.78 is 43.9. The van der Waals surface area contributed by atoms with E-state index in [0.717, 1.165) is 0 Å². The standard InChI is InChI=1S/C21H12F3N5O3/c22-10-5-14(23)17(15(24)6-10)19(30)13-7-26-18-12(13)2-4-28(20(18)31)8-11-9-29-16(27-11)1-3-25-21(29)32/h1-7,9,26H,8H2,(H,25,32). The van der Waals surface area contributed by atoms with E-state index >= 15 is 0 Å². The van der Waals surface area contributed by atoms with E-state index in [2.05, 4.69) is 15.0 Å². The van der Waals surface area contributed by atoms with Gasteiger partial charge < -0.3 is 14.5 Å². The number of H-pyrrole nitrogens is 2. The Hall–Kier alpha value is -4.41. The number of pyridine rings is 1. The van der Waals surface area contributed by atoms with Gasteiger partial charge in [0.25, 0.3) is 5.56 Å².